The molecule has 0 amide bonds. The molecule has 2 aliphatic rings. The summed E-state index contributed by atoms with van der Waals surface area (Å²) in [6.07, 6.45) is 15.5. The van der Waals surface area contributed by atoms with Crippen LogP contribution in [0.25, 0.3) is 5.57 Å². The predicted molar refractivity (Wildman–Crippen MR) is 120 cm³/mol. The van der Waals surface area contributed by atoms with E-state index in [0.29, 0.717) is 5.92 Å². The molecule has 1 saturated carbocycles. The lowest BCUT2D eigenvalue weighted by Gasteiger charge is -2.42. The predicted octanol–water partition coefficient (Wildman–Crippen LogP) is 8.91. The first kappa shape index (κ1) is 22.9. The van der Waals surface area contributed by atoms with Crippen LogP contribution in [0.5, 0.6) is 0 Å². The van der Waals surface area contributed by atoms with Crippen molar-refractivity contribution in [2.75, 3.05) is 0 Å². The van der Waals surface area contributed by atoms with Crippen molar-refractivity contribution in [1.29, 1.82) is 0 Å². The van der Waals surface area contributed by atoms with E-state index in [4.69, 9.17) is 0 Å². The van der Waals surface area contributed by atoms with Gasteiger partial charge in [-0.1, -0.05) is 99.7 Å². The van der Waals surface area contributed by atoms with Gasteiger partial charge in [0.15, 0.2) is 0 Å². The third kappa shape index (κ3) is 6.36. The third-order valence-electron chi connectivity index (χ3n) is 6.95. The van der Waals surface area contributed by atoms with Crippen LogP contribution in [0.3, 0.4) is 0 Å². The maximum atomic E-state index is 12.6. The first-order chi connectivity index (χ1) is 14.4. The van der Waals surface area contributed by atoms with Crippen molar-refractivity contribution in [1.82, 2.24) is 0 Å². The smallest absolute Gasteiger partial charge is 0.171 e. The molecule has 0 spiro atoms. The van der Waals surface area contributed by atoms with Crippen LogP contribution < -0.4 is 0 Å². The van der Waals surface area contributed by atoms with E-state index in [1.807, 2.05) is 18.2 Å². The first-order valence-electron chi connectivity index (χ1n) is 11.6. The van der Waals surface area contributed by atoms with Gasteiger partial charge in [0.05, 0.1) is 0 Å². The van der Waals surface area contributed by atoms with Gasteiger partial charge in [0.2, 0.25) is 0 Å². The molecule has 1 atom stereocenters. The van der Waals surface area contributed by atoms with Crippen molar-refractivity contribution in [3.05, 3.63) is 66.3 Å². The zero-order valence-corrected chi connectivity index (χ0v) is 18.1. The van der Waals surface area contributed by atoms with Gasteiger partial charge in [-0.05, 0) is 48.7 Å². The van der Waals surface area contributed by atoms with Crippen LogP contribution in [0.4, 0.5) is 13.2 Å². The summed E-state index contributed by atoms with van der Waals surface area (Å²) < 4.78 is 37.8. The third-order valence-corrected chi connectivity index (χ3v) is 6.95. The fourth-order valence-electron chi connectivity index (χ4n) is 5.11. The molecule has 1 unspecified atom stereocenters. The Morgan fingerprint density at radius 3 is 2.40 bits per heavy atom. The maximum absolute atomic E-state index is 12.6. The number of rotatable bonds is 8. The Labute approximate surface area is 180 Å². The van der Waals surface area contributed by atoms with Gasteiger partial charge in [0.1, 0.15) is 0 Å². The van der Waals surface area contributed by atoms with Crippen molar-refractivity contribution >= 4 is 5.57 Å². The zero-order chi connectivity index (χ0) is 21.5. The lowest BCUT2D eigenvalue weighted by molar-refractivity contribution is -0.133. The highest BCUT2D eigenvalue weighted by Crippen LogP contribution is 2.48. The molecular formula is C27H35F3. The van der Waals surface area contributed by atoms with E-state index in [2.05, 4.69) is 43.4 Å². The summed E-state index contributed by atoms with van der Waals surface area (Å²) in [7, 11) is 0. The maximum Gasteiger partial charge on any atom is 0.389 e. The summed E-state index contributed by atoms with van der Waals surface area (Å²) >= 11 is 0. The van der Waals surface area contributed by atoms with Gasteiger partial charge in [-0.25, -0.2) is 0 Å². The summed E-state index contributed by atoms with van der Waals surface area (Å²) in [6.45, 7) is 2.25. The van der Waals surface area contributed by atoms with Crippen LogP contribution in [0, 0.1) is 17.3 Å². The van der Waals surface area contributed by atoms with Crippen molar-refractivity contribution in [2.45, 2.75) is 77.3 Å². The highest BCUT2D eigenvalue weighted by atomic mass is 19.4. The zero-order valence-electron chi connectivity index (χ0n) is 18.1. The minimum absolute atomic E-state index is 0.0696. The van der Waals surface area contributed by atoms with E-state index in [-0.39, 0.29) is 11.8 Å². The average Bonchev–Trinajstić information content (AvgIpc) is 2.76. The number of benzene rings is 1. The monoisotopic (exact) mass is 416 g/mol. The molecule has 2 aliphatic carbocycles. The van der Waals surface area contributed by atoms with Gasteiger partial charge in [-0.2, -0.15) is 13.2 Å². The molecule has 3 rings (SSSR count). The van der Waals surface area contributed by atoms with E-state index >= 15 is 0 Å². The second kappa shape index (κ2) is 10.5. The Morgan fingerprint density at radius 1 is 1.07 bits per heavy atom. The minimum Gasteiger partial charge on any atom is -0.171 e. The normalized spacial score (nSPS) is 27.4. The molecule has 1 aromatic rings. The van der Waals surface area contributed by atoms with E-state index in [0.717, 1.165) is 12.3 Å². The Balaban J connectivity index is 1.71. The van der Waals surface area contributed by atoms with E-state index < -0.39 is 12.6 Å². The number of alkyl halides is 3. The van der Waals surface area contributed by atoms with Crippen LogP contribution >= 0.6 is 0 Å². The fraction of sp³-hybridized carbons (Fsp3) is 0.556. The van der Waals surface area contributed by atoms with Crippen LogP contribution in [0.15, 0.2) is 60.7 Å². The van der Waals surface area contributed by atoms with E-state index in [9.17, 15) is 13.2 Å². The molecule has 0 bridgehead atoms. The van der Waals surface area contributed by atoms with Crippen molar-refractivity contribution in [3.8, 4) is 0 Å². The highest BCUT2D eigenvalue weighted by Gasteiger charge is 2.37. The second-order valence-corrected chi connectivity index (χ2v) is 9.09. The molecule has 1 fully saturated rings. The summed E-state index contributed by atoms with van der Waals surface area (Å²) in [5.74, 6) is 1.35. The van der Waals surface area contributed by atoms with Gasteiger partial charge in [0.25, 0.3) is 0 Å². The van der Waals surface area contributed by atoms with E-state index in [1.54, 1.807) is 6.08 Å². The Kier molecular flexibility index (Phi) is 8.02. The standard InChI is InChI=1S/C27H35F3/c1-2-3-9-22-12-14-25(15-13-22)26(18-7-8-19-27(28,29)30)20-16-24(17-21-26)23-10-5-4-6-11-23/h4-7,10-11,16-18,20,22,25H,2-3,8-9,12-15,19,21H2,1H3. The molecule has 0 saturated heterocycles. The Hall–Kier alpha value is -1.77. The molecule has 0 nitrogen and oxygen atoms in total. The lowest BCUT2D eigenvalue weighted by atomic mass is 9.63. The molecule has 0 aromatic heterocycles. The SMILES string of the molecule is CCCCC1CCC(C2(C=CCCC(F)(F)F)C=CC(c3ccccc3)=CC2)CC1. The number of hydrogen-bond donors (Lipinski definition) is 0. The number of hydrogen-bond acceptors (Lipinski definition) is 0. The number of unbranched alkanes of at least 4 members (excludes halogenated alkanes) is 1. The summed E-state index contributed by atoms with van der Waals surface area (Å²) in [4.78, 5) is 0. The molecule has 3 heteroatoms. The van der Waals surface area contributed by atoms with Crippen LogP contribution in [0.2, 0.25) is 0 Å². The first-order valence-corrected chi connectivity index (χ1v) is 11.6. The van der Waals surface area contributed by atoms with Crippen LogP contribution in [-0.4, -0.2) is 6.18 Å². The van der Waals surface area contributed by atoms with Gasteiger partial charge in [0, 0.05) is 11.8 Å². The molecule has 0 aliphatic heterocycles. The van der Waals surface area contributed by atoms with Crippen LogP contribution in [-0.2, 0) is 0 Å². The van der Waals surface area contributed by atoms with Crippen molar-refractivity contribution < 1.29 is 13.2 Å². The second-order valence-electron chi connectivity index (χ2n) is 9.09. The summed E-state index contributed by atoms with van der Waals surface area (Å²) in [5.41, 5.74) is 2.28. The summed E-state index contributed by atoms with van der Waals surface area (Å²) in [5, 5.41) is 0. The van der Waals surface area contributed by atoms with Crippen molar-refractivity contribution in [3.63, 3.8) is 0 Å². The topological polar surface area (TPSA) is 0 Å². The largest absolute Gasteiger partial charge is 0.389 e. The summed E-state index contributed by atoms with van der Waals surface area (Å²) in [6, 6.07) is 10.3. The molecule has 164 valence electrons. The molecule has 0 heterocycles. The molecular weight excluding hydrogens is 381 g/mol. The Bertz CT molecular complexity index is 733. The highest BCUT2D eigenvalue weighted by molar-refractivity contribution is 5.75. The fourth-order valence-corrected chi connectivity index (χ4v) is 5.11. The quantitative estimate of drug-likeness (QED) is 0.371. The molecule has 0 N–H and O–H groups in total. The van der Waals surface area contributed by atoms with Gasteiger partial charge >= 0.3 is 6.18 Å². The number of allylic oxidation sites excluding steroid dienone is 6. The van der Waals surface area contributed by atoms with Gasteiger partial charge in [-0.3, -0.25) is 0 Å². The van der Waals surface area contributed by atoms with E-state index in [1.165, 1.54) is 56.1 Å². The molecule has 30 heavy (non-hydrogen) atoms. The van der Waals surface area contributed by atoms with Crippen molar-refractivity contribution in [2.24, 2.45) is 17.3 Å². The average molecular weight is 417 g/mol. The van der Waals surface area contributed by atoms with Gasteiger partial charge < -0.3 is 0 Å². The Morgan fingerprint density at radius 2 is 1.80 bits per heavy atom. The molecule has 1 aromatic carbocycles. The number of halogens is 3. The lowest BCUT2D eigenvalue weighted by Crippen LogP contribution is -2.31. The minimum atomic E-state index is -4.09. The van der Waals surface area contributed by atoms with Gasteiger partial charge in [-0.15, -0.1) is 0 Å². The molecule has 0 radical (unpaired) electrons. The van der Waals surface area contributed by atoms with Crippen LogP contribution in [0.1, 0.15) is 76.7 Å².